The molecule has 2 amide bonds. The van der Waals surface area contributed by atoms with E-state index in [2.05, 4.69) is 10.1 Å². The number of carbonyl (C=O) groups is 2. The highest BCUT2D eigenvalue weighted by Crippen LogP contribution is 2.39. The Morgan fingerprint density at radius 1 is 0.969 bits per heavy atom. The Hall–Kier alpha value is -3.72. The van der Waals surface area contributed by atoms with Gasteiger partial charge in [0.15, 0.2) is 5.65 Å². The number of alkyl halides is 3. The molecule has 0 atom stereocenters. The summed E-state index contributed by atoms with van der Waals surface area (Å²) in [5.74, 6) is -1.51. The average Bonchev–Trinajstić information content (AvgIpc) is 3.22. The zero-order valence-corrected chi connectivity index (χ0v) is 17.1. The van der Waals surface area contributed by atoms with E-state index in [0.29, 0.717) is 33.4 Å². The summed E-state index contributed by atoms with van der Waals surface area (Å²) in [4.78, 5) is 31.3. The SMILES string of the molecule is Cc1nn(-c2ccccc2)c2ncc3c(c12)C(=O)N(c1ccc(Cl)c(C(F)(F)F)c1)C3=O. The van der Waals surface area contributed by atoms with Gasteiger partial charge in [0, 0.05) is 6.20 Å². The van der Waals surface area contributed by atoms with E-state index in [9.17, 15) is 22.8 Å². The van der Waals surface area contributed by atoms with E-state index in [4.69, 9.17) is 11.6 Å². The van der Waals surface area contributed by atoms with E-state index in [-0.39, 0.29) is 16.8 Å². The second-order valence-electron chi connectivity index (χ2n) is 7.19. The summed E-state index contributed by atoms with van der Waals surface area (Å²) in [5, 5.41) is 4.31. The maximum absolute atomic E-state index is 13.3. The van der Waals surface area contributed by atoms with Crippen molar-refractivity contribution in [3.05, 3.63) is 82.1 Å². The Morgan fingerprint density at radius 3 is 2.38 bits per heavy atom. The van der Waals surface area contributed by atoms with Crippen LogP contribution < -0.4 is 4.90 Å². The Labute approximate surface area is 183 Å². The largest absolute Gasteiger partial charge is 0.417 e. The van der Waals surface area contributed by atoms with Crippen molar-refractivity contribution in [1.82, 2.24) is 14.8 Å². The fourth-order valence-electron chi connectivity index (χ4n) is 3.81. The first-order valence-corrected chi connectivity index (χ1v) is 9.75. The van der Waals surface area contributed by atoms with Crippen LogP contribution in [0.25, 0.3) is 16.7 Å². The molecule has 2 aromatic heterocycles. The molecule has 2 aromatic carbocycles. The zero-order chi connectivity index (χ0) is 22.8. The van der Waals surface area contributed by atoms with Gasteiger partial charge in [0.05, 0.1) is 44.2 Å². The van der Waals surface area contributed by atoms with Crippen LogP contribution in [-0.2, 0) is 6.18 Å². The summed E-state index contributed by atoms with van der Waals surface area (Å²) in [6, 6.07) is 12.0. The maximum Gasteiger partial charge on any atom is 0.417 e. The van der Waals surface area contributed by atoms with E-state index < -0.39 is 28.6 Å². The van der Waals surface area contributed by atoms with Crippen molar-refractivity contribution in [3.8, 4) is 5.69 Å². The van der Waals surface area contributed by atoms with E-state index in [1.165, 1.54) is 12.3 Å². The minimum absolute atomic E-state index is 0.00159. The minimum atomic E-state index is -4.74. The summed E-state index contributed by atoms with van der Waals surface area (Å²) >= 11 is 5.68. The normalized spacial score (nSPS) is 13.8. The molecule has 0 saturated heterocycles. The van der Waals surface area contributed by atoms with E-state index in [1.807, 2.05) is 30.3 Å². The maximum atomic E-state index is 13.3. The Bertz CT molecular complexity index is 1430. The van der Waals surface area contributed by atoms with Crippen LogP contribution in [0.5, 0.6) is 0 Å². The third-order valence-corrected chi connectivity index (χ3v) is 5.57. The molecule has 0 bridgehead atoms. The molecule has 0 N–H and O–H groups in total. The third kappa shape index (κ3) is 2.89. The zero-order valence-electron chi connectivity index (χ0n) is 16.3. The van der Waals surface area contributed by atoms with Gasteiger partial charge in [0.2, 0.25) is 0 Å². The summed E-state index contributed by atoms with van der Waals surface area (Å²) in [6.45, 7) is 1.67. The molecular weight excluding hydrogens is 445 g/mol. The smallest absolute Gasteiger partial charge is 0.268 e. The van der Waals surface area contributed by atoms with Crippen LogP contribution in [0, 0.1) is 6.92 Å². The molecule has 10 heteroatoms. The number of benzene rings is 2. The molecule has 6 nitrogen and oxygen atoms in total. The summed E-state index contributed by atoms with van der Waals surface area (Å²) in [5.41, 5.74) is 0.230. The van der Waals surface area contributed by atoms with Gasteiger partial charge in [-0.3, -0.25) is 9.59 Å². The third-order valence-electron chi connectivity index (χ3n) is 5.24. The van der Waals surface area contributed by atoms with E-state index in [1.54, 1.807) is 11.6 Å². The molecule has 160 valence electrons. The molecule has 4 aromatic rings. The first-order chi connectivity index (χ1) is 15.2. The molecule has 0 spiro atoms. The standard InChI is InChI=1S/C22H12ClF3N4O2/c1-11-17-18-14(10-27-19(17)30(28-11)12-5-3-2-4-6-12)20(31)29(21(18)32)13-7-8-16(23)15(9-13)22(24,25)26/h2-10H,1H3. The van der Waals surface area contributed by atoms with Crippen molar-refractivity contribution < 1.29 is 22.8 Å². The second-order valence-corrected chi connectivity index (χ2v) is 7.59. The fraction of sp³-hybridized carbons (Fsp3) is 0.0909. The molecule has 3 heterocycles. The number of nitrogens with zero attached hydrogens (tertiary/aromatic N) is 4. The number of para-hydroxylation sites is 1. The summed E-state index contributed by atoms with van der Waals surface area (Å²) in [6.07, 6.45) is -3.49. The molecule has 1 aliphatic rings. The van der Waals surface area contributed by atoms with Crippen molar-refractivity contribution in [1.29, 1.82) is 0 Å². The van der Waals surface area contributed by atoms with Gasteiger partial charge in [-0.1, -0.05) is 29.8 Å². The lowest BCUT2D eigenvalue weighted by atomic mass is 10.1. The quantitative estimate of drug-likeness (QED) is 0.389. The predicted octanol–water partition coefficient (Wildman–Crippen LogP) is 5.20. The molecular formula is C22H12ClF3N4O2. The number of hydrogen-bond acceptors (Lipinski definition) is 4. The minimum Gasteiger partial charge on any atom is -0.268 e. The van der Waals surface area contributed by atoms with Gasteiger partial charge in [-0.15, -0.1) is 0 Å². The summed E-state index contributed by atoms with van der Waals surface area (Å²) in [7, 11) is 0. The molecule has 0 fully saturated rings. The summed E-state index contributed by atoms with van der Waals surface area (Å²) < 4.78 is 41.5. The number of imide groups is 1. The van der Waals surface area contributed by atoms with Crippen LogP contribution in [-0.4, -0.2) is 26.6 Å². The Morgan fingerprint density at radius 2 is 1.69 bits per heavy atom. The number of aromatic nitrogens is 3. The number of amides is 2. The highest BCUT2D eigenvalue weighted by atomic mass is 35.5. The highest BCUT2D eigenvalue weighted by Gasteiger charge is 2.41. The van der Waals surface area contributed by atoms with Gasteiger partial charge >= 0.3 is 6.18 Å². The van der Waals surface area contributed by atoms with Gasteiger partial charge in [-0.2, -0.15) is 18.3 Å². The lowest BCUT2D eigenvalue weighted by Crippen LogP contribution is -2.29. The van der Waals surface area contributed by atoms with Crippen molar-refractivity contribution in [2.75, 3.05) is 4.90 Å². The number of carbonyl (C=O) groups excluding carboxylic acids is 2. The van der Waals surface area contributed by atoms with Crippen LogP contribution in [0.2, 0.25) is 5.02 Å². The van der Waals surface area contributed by atoms with Crippen molar-refractivity contribution in [2.45, 2.75) is 13.1 Å². The number of hydrogen-bond donors (Lipinski definition) is 0. The Balaban J connectivity index is 1.68. The number of rotatable bonds is 2. The molecule has 0 unspecified atom stereocenters. The highest BCUT2D eigenvalue weighted by molar-refractivity contribution is 6.37. The number of pyridine rings is 1. The number of halogens is 4. The lowest BCUT2D eigenvalue weighted by molar-refractivity contribution is -0.137. The second kappa shape index (κ2) is 6.89. The number of anilines is 1. The fourth-order valence-corrected chi connectivity index (χ4v) is 4.04. The van der Waals surface area contributed by atoms with Gasteiger partial charge in [0.1, 0.15) is 0 Å². The van der Waals surface area contributed by atoms with Crippen LogP contribution >= 0.6 is 11.6 Å². The molecule has 5 rings (SSSR count). The molecule has 0 aliphatic carbocycles. The molecule has 1 aliphatic heterocycles. The molecule has 0 saturated carbocycles. The van der Waals surface area contributed by atoms with Crippen LogP contribution in [0.4, 0.5) is 18.9 Å². The molecule has 0 radical (unpaired) electrons. The van der Waals surface area contributed by atoms with E-state index >= 15 is 0 Å². The molecule has 32 heavy (non-hydrogen) atoms. The average molecular weight is 457 g/mol. The van der Waals surface area contributed by atoms with Crippen LogP contribution in [0.1, 0.15) is 32.0 Å². The van der Waals surface area contributed by atoms with Crippen LogP contribution in [0.15, 0.2) is 54.7 Å². The first-order valence-electron chi connectivity index (χ1n) is 9.38. The predicted molar refractivity (Wildman–Crippen MR) is 111 cm³/mol. The van der Waals surface area contributed by atoms with Crippen LogP contribution in [0.3, 0.4) is 0 Å². The lowest BCUT2D eigenvalue weighted by Gasteiger charge is -2.17. The topological polar surface area (TPSA) is 68.1 Å². The van der Waals surface area contributed by atoms with Crippen molar-refractivity contribution in [3.63, 3.8) is 0 Å². The van der Waals surface area contributed by atoms with E-state index in [0.717, 1.165) is 6.07 Å². The van der Waals surface area contributed by atoms with Gasteiger partial charge in [-0.05, 0) is 37.3 Å². The van der Waals surface area contributed by atoms with Gasteiger partial charge < -0.3 is 0 Å². The first kappa shape index (κ1) is 20.2. The van der Waals surface area contributed by atoms with Crippen molar-refractivity contribution in [2.24, 2.45) is 0 Å². The monoisotopic (exact) mass is 456 g/mol. The Kier molecular flexibility index (Phi) is 4.35. The number of fused-ring (bicyclic) bond motifs is 3. The van der Waals surface area contributed by atoms with Crippen molar-refractivity contribution >= 4 is 40.1 Å². The number of aryl methyl sites for hydroxylation is 1. The van der Waals surface area contributed by atoms with Gasteiger partial charge in [0.25, 0.3) is 11.8 Å². The van der Waals surface area contributed by atoms with Gasteiger partial charge in [-0.25, -0.2) is 14.6 Å².